The fourth-order valence-electron chi connectivity index (χ4n) is 4.43. The van der Waals surface area contributed by atoms with Crippen molar-refractivity contribution in [3.05, 3.63) is 62.6 Å². The van der Waals surface area contributed by atoms with Crippen molar-refractivity contribution in [2.45, 2.75) is 38.8 Å². The summed E-state index contributed by atoms with van der Waals surface area (Å²) in [4.78, 5) is 4.57. The van der Waals surface area contributed by atoms with Gasteiger partial charge in [-0.15, -0.1) is 0 Å². The number of aliphatic hydroxyl groups is 1. The second-order valence-corrected chi connectivity index (χ2v) is 9.26. The molecule has 0 amide bonds. The molecule has 144 valence electrons. The lowest BCUT2D eigenvalue weighted by atomic mass is 9.86. The second-order valence-electron chi connectivity index (χ2n) is 8.45. The van der Waals surface area contributed by atoms with E-state index in [9.17, 15) is 5.11 Å². The van der Waals surface area contributed by atoms with Crippen LogP contribution in [0.2, 0.25) is 10.0 Å². The van der Waals surface area contributed by atoms with Gasteiger partial charge in [-0.1, -0.05) is 41.4 Å². The molecule has 2 saturated heterocycles. The Morgan fingerprint density at radius 3 is 2.15 bits per heavy atom. The van der Waals surface area contributed by atoms with E-state index in [2.05, 4.69) is 35.8 Å². The lowest BCUT2D eigenvalue weighted by molar-refractivity contribution is -0.0872. The lowest BCUT2D eigenvalue weighted by Gasteiger charge is -2.45. The minimum atomic E-state index is -0.517. The van der Waals surface area contributed by atoms with Gasteiger partial charge in [0.05, 0.1) is 21.3 Å². The minimum absolute atomic E-state index is 0.508. The summed E-state index contributed by atoms with van der Waals surface area (Å²) in [5.41, 5.74) is 5.89. The van der Waals surface area contributed by atoms with Crippen LogP contribution in [0.25, 0.3) is 0 Å². The van der Waals surface area contributed by atoms with Crippen LogP contribution in [0.15, 0.2) is 30.3 Å². The van der Waals surface area contributed by atoms with Crippen molar-refractivity contribution in [3.8, 4) is 0 Å². The van der Waals surface area contributed by atoms with Crippen LogP contribution in [-0.2, 0) is 6.54 Å². The van der Waals surface area contributed by atoms with Crippen LogP contribution in [0.3, 0.4) is 0 Å². The van der Waals surface area contributed by atoms with Gasteiger partial charge in [-0.2, -0.15) is 0 Å². The topological polar surface area (TPSA) is 26.7 Å². The average molecular weight is 405 g/mol. The smallest absolute Gasteiger partial charge is 0.0872 e. The predicted octanol–water partition coefficient (Wildman–Crippen LogP) is 4.78. The van der Waals surface area contributed by atoms with Gasteiger partial charge in [0.25, 0.3) is 0 Å². The van der Waals surface area contributed by atoms with Gasteiger partial charge in [-0.3, -0.25) is 4.90 Å². The minimum Gasteiger partial charge on any atom is -0.388 e. The third kappa shape index (κ3) is 3.71. The van der Waals surface area contributed by atoms with E-state index in [0.717, 1.165) is 38.4 Å². The molecule has 27 heavy (non-hydrogen) atoms. The Hall–Kier alpha value is -1.26. The number of rotatable bonds is 4. The Morgan fingerprint density at radius 2 is 1.63 bits per heavy atom. The highest BCUT2D eigenvalue weighted by Gasteiger charge is 2.36. The van der Waals surface area contributed by atoms with E-state index >= 15 is 0 Å². The summed E-state index contributed by atoms with van der Waals surface area (Å²) in [6, 6.07) is 10.3. The molecule has 0 spiro atoms. The molecule has 0 radical (unpaired) electrons. The van der Waals surface area contributed by atoms with Crippen LogP contribution in [-0.4, -0.2) is 41.8 Å². The molecular weight excluding hydrogens is 379 g/mol. The van der Waals surface area contributed by atoms with Crippen LogP contribution >= 0.6 is 23.2 Å². The number of β-amino-alcohol motifs (C(OH)–C–C–N with tert-alkyl or cyclic N) is 1. The summed E-state index contributed by atoms with van der Waals surface area (Å²) < 4.78 is 0. The monoisotopic (exact) mass is 404 g/mol. The van der Waals surface area contributed by atoms with Crippen LogP contribution in [0.4, 0.5) is 5.69 Å². The maximum absolute atomic E-state index is 9.95. The number of nitrogens with zero attached hydrogens (tertiary/aromatic N) is 2. The highest BCUT2D eigenvalue weighted by molar-refractivity contribution is 6.39. The standard InChI is InChI=1S/C22H26Cl2N2O/c1-14-7-16(8-15(2)18(14)11-25-12-22(3,27)13-25)17-9-26(10-17)21-19(23)5-4-6-20(21)24/h4-8,17,27H,9-13H2,1-3H3. The SMILES string of the molecule is Cc1cc(C2CN(c3c(Cl)cccc3Cl)C2)cc(C)c1CN1CC(C)(O)C1. The van der Waals surface area contributed by atoms with E-state index < -0.39 is 5.60 Å². The van der Waals surface area contributed by atoms with Crippen molar-refractivity contribution in [1.29, 1.82) is 0 Å². The molecule has 2 aliphatic heterocycles. The Bertz CT molecular complexity index is 823. The molecule has 0 aromatic heterocycles. The number of anilines is 1. The first-order valence-corrected chi connectivity index (χ1v) is 10.2. The van der Waals surface area contributed by atoms with Crippen molar-refractivity contribution in [1.82, 2.24) is 4.90 Å². The van der Waals surface area contributed by atoms with E-state index in [1.165, 1.54) is 22.3 Å². The number of halogens is 2. The lowest BCUT2D eigenvalue weighted by Crippen LogP contribution is -2.59. The van der Waals surface area contributed by atoms with Gasteiger partial charge in [0.15, 0.2) is 0 Å². The van der Waals surface area contributed by atoms with Gasteiger partial charge in [-0.05, 0) is 55.2 Å². The number of aryl methyl sites for hydroxylation is 2. The van der Waals surface area contributed by atoms with Crippen LogP contribution in [0.1, 0.15) is 35.1 Å². The average Bonchev–Trinajstić information content (AvgIpc) is 2.50. The fraction of sp³-hybridized carbons (Fsp3) is 0.455. The molecule has 2 fully saturated rings. The molecule has 5 heteroatoms. The summed E-state index contributed by atoms with van der Waals surface area (Å²) in [5.74, 6) is 0.508. The zero-order valence-corrected chi connectivity index (χ0v) is 17.6. The third-order valence-electron chi connectivity index (χ3n) is 5.84. The molecule has 4 rings (SSSR count). The molecule has 0 unspecified atom stereocenters. The molecule has 3 nitrogen and oxygen atoms in total. The zero-order valence-electron chi connectivity index (χ0n) is 16.1. The molecule has 2 heterocycles. The molecule has 0 atom stereocenters. The van der Waals surface area contributed by atoms with Crippen molar-refractivity contribution in [3.63, 3.8) is 0 Å². The van der Waals surface area contributed by atoms with Crippen molar-refractivity contribution >= 4 is 28.9 Å². The Labute approximate surface area is 171 Å². The number of para-hydroxylation sites is 1. The summed E-state index contributed by atoms with van der Waals surface area (Å²) in [6.07, 6.45) is 0. The maximum atomic E-state index is 9.95. The highest BCUT2D eigenvalue weighted by atomic mass is 35.5. The molecule has 1 N–H and O–H groups in total. The van der Waals surface area contributed by atoms with Crippen molar-refractivity contribution in [2.75, 3.05) is 31.1 Å². The molecule has 0 aliphatic carbocycles. The van der Waals surface area contributed by atoms with E-state index in [1.54, 1.807) is 0 Å². The van der Waals surface area contributed by atoms with E-state index in [0.29, 0.717) is 16.0 Å². The maximum Gasteiger partial charge on any atom is 0.0872 e. The van der Waals surface area contributed by atoms with Crippen LogP contribution in [0.5, 0.6) is 0 Å². The quantitative estimate of drug-likeness (QED) is 0.793. The zero-order chi connectivity index (χ0) is 19.3. The second kappa shape index (κ2) is 6.97. The van der Waals surface area contributed by atoms with E-state index in [1.807, 2.05) is 25.1 Å². The first-order chi connectivity index (χ1) is 12.7. The van der Waals surface area contributed by atoms with E-state index in [-0.39, 0.29) is 0 Å². The van der Waals surface area contributed by atoms with Gasteiger partial charge in [0.2, 0.25) is 0 Å². The van der Waals surface area contributed by atoms with E-state index in [4.69, 9.17) is 23.2 Å². The molecule has 0 bridgehead atoms. The molecule has 0 saturated carbocycles. The number of hydrogen-bond acceptors (Lipinski definition) is 3. The number of hydrogen-bond donors (Lipinski definition) is 1. The molecule has 2 aromatic carbocycles. The molecule has 2 aliphatic rings. The molecule has 2 aromatic rings. The van der Waals surface area contributed by atoms with Crippen LogP contribution < -0.4 is 4.90 Å². The number of benzene rings is 2. The molecular formula is C22H26Cl2N2O. The van der Waals surface area contributed by atoms with Gasteiger partial charge in [0.1, 0.15) is 0 Å². The Balaban J connectivity index is 1.45. The largest absolute Gasteiger partial charge is 0.388 e. The first-order valence-electron chi connectivity index (χ1n) is 9.47. The van der Waals surface area contributed by atoms with Gasteiger partial charge in [0, 0.05) is 38.6 Å². The normalized spacial score (nSPS) is 19.7. The predicted molar refractivity (Wildman–Crippen MR) is 113 cm³/mol. The van der Waals surface area contributed by atoms with Gasteiger partial charge < -0.3 is 10.0 Å². The summed E-state index contributed by atoms with van der Waals surface area (Å²) in [5, 5.41) is 11.4. The van der Waals surface area contributed by atoms with Crippen molar-refractivity contribution < 1.29 is 5.11 Å². The van der Waals surface area contributed by atoms with Crippen LogP contribution in [0, 0.1) is 13.8 Å². The first kappa shape index (κ1) is 19.1. The Morgan fingerprint density at radius 1 is 1.07 bits per heavy atom. The van der Waals surface area contributed by atoms with Crippen molar-refractivity contribution in [2.24, 2.45) is 0 Å². The third-order valence-corrected chi connectivity index (χ3v) is 6.45. The Kier molecular flexibility index (Phi) is 4.92. The summed E-state index contributed by atoms with van der Waals surface area (Å²) in [7, 11) is 0. The van der Waals surface area contributed by atoms with Gasteiger partial charge >= 0.3 is 0 Å². The number of likely N-dealkylation sites (tertiary alicyclic amines) is 1. The summed E-state index contributed by atoms with van der Waals surface area (Å²) >= 11 is 12.7. The fourth-order valence-corrected chi connectivity index (χ4v) is 5.06. The highest BCUT2D eigenvalue weighted by Crippen LogP contribution is 2.40. The summed E-state index contributed by atoms with van der Waals surface area (Å²) in [6.45, 7) is 10.6. The van der Waals surface area contributed by atoms with Gasteiger partial charge in [-0.25, -0.2) is 0 Å².